The van der Waals surface area contributed by atoms with Gasteiger partial charge in [0.15, 0.2) is 0 Å². The molecule has 0 radical (unpaired) electrons. The maximum Gasteiger partial charge on any atom is 0.120 e. The second-order valence-electron chi connectivity index (χ2n) is 5.32. The molecule has 3 nitrogen and oxygen atoms in total. The van der Waals surface area contributed by atoms with Gasteiger partial charge in [-0.3, -0.25) is 0 Å². The van der Waals surface area contributed by atoms with Crippen molar-refractivity contribution in [3.05, 3.63) is 65.9 Å². The molecular formula is C19H22N2O. The Balaban J connectivity index is 1.93. The molecule has 3 aromatic rings. The average Bonchev–Trinajstić information content (AvgIpc) is 3.04. The summed E-state index contributed by atoms with van der Waals surface area (Å²) in [6, 6.07) is 15.2. The van der Waals surface area contributed by atoms with Gasteiger partial charge in [-0.05, 0) is 49.8 Å². The van der Waals surface area contributed by atoms with E-state index in [-0.39, 0.29) is 5.56 Å². The van der Waals surface area contributed by atoms with Gasteiger partial charge in [-0.1, -0.05) is 30.3 Å². The van der Waals surface area contributed by atoms with Crippen LogP contribution in [0.25, 0.3) is 10.9 Å². The highest BCUT2D eigenvalue weighted by molar-refractivity contribution is 5.84. The summed E-state index contributed by atoms with van der Waals surface area (Å²) in [7, 11) is 3.06. The number of ether oxygens (including phenoxy) is 1. The summed E-state index contributed by atoms with van der Waals surface area (Å²) in [4.78, 5) is 4.28. The van der Waals surface area contributed by atoms with Crippen molar-refractivity contribution in [1.82, 2.24) is 9.88 Å². The first kappa shape index (κ1) is 10.5. The van der Waals surface area contributed by atoms with E-state index >= 15 is 0 Å². The minimum absolute atomic E-state index is 0.274. The lowest BCUT2D eigenvalue weighted by Gasteiger charge is -2.09. The van der Waals surface area contributed by atoms with Crippen LogP contribution in [0.4, 0.5) is 0 Å². The zero-order chi connectivity index (χ0) is 18.9. The van der Waals surface area contributed by atoms with Crippen LogP contribution in [-0.2, 0) is 13.0 Å². The van der Waals surface area contributed by atoms with Gasteiger partial charge in [-0.25, -0.2) is 0 Å². The molecule has 0 aliphatic heterocycles. The third-order valence-corrected chi connectivity index (χ3v) is 3.32. The minimum Gasteiger partial charge on any atom is -0.489 e. The van der Waals surface area contributed by atoms with Gasteiger partial charge in [-0.15, -0.1) is 0 Å². The van der Waals surface area contributed by atoms with Crippen molar-refractivity contribution in [2.75, 3.05) is 20.6 Å². The summed E-state index contributed by atoms with van der Waals surface area (Å²) in [5, 5.41) is 0.617. The zero-order valence-corrected chi connectivity index (χ0v) is 12.8. The topological polar surface area (TPSA) is 28.3 Å². The summed E-state index contributed by atoms with van der Waals surface area (Å²) in [5.74, 6) is 0.614. The van der Waals surface area contributed by atoms with Crippen molar-refractivity contribution < 1.29 is 10.2 Å². The first-order valence-electron chi connectivity index (χ1n) is 9.19. The second kappa shape index (κ2) is 6.67. The number of hydrogen-bond acceptors (Lipinski definition) is 2. The molecule has 1 aromatic heterocycles. The smallest absolute Gasteiger partial charge is 0.120 e. The van der Waals surface area contributed by atoms with Gasteiger partial charge in [0.25, 0.3) is 0 Å². The third-order valence-electron chi connectivity index (χ3n) is 3.32. The molecule has 0 saturated heterocycles. The van der Waals surface area contributed by atoms with Crippen LogP contribution in [0.1, 0.15) is 16.6 Å². The van der Waals surface area contributed by atoms with Gasteiger partial charge in [0.1, 0.15) is 12.4 Å². The molecule has 0 saturated carbocycles. The standard InChI is InChI=1S/C19H22N2O/c1-21(2)11-10-16-13-20-19-9-8-17(12-18(16)19)22-14-15-6-4-3-5-7-15/h3-9,12-13,20H,10-11,14H2,1-2H3/i10D2,11D2. The summed E-state index contributed by atoms with van der Waals surface area (Å²) in [6.45, 7) is -1.75. The molecule has 3 rings (SSSR count). The zero-order valence-electron chi connectivity index (χ0n) is 16.8. The van der Waals surface area contributed by atoms with Gasteiger partial charge in [0.2, 0.25) is 0 Å². The van der Waals surface area contributed by atoms with Crippen molar-refractivity contribution in [1.29, 1.82) is 0 Å². The Morgan fingerprint density at radius 2 is 1.95 bits per heavy atom. The van der Waals surface area contributed by atoms with Gasteiger partial charge in [0.05, 0.1) is 0 Å². The van der Waals surface area contributed by atoms with Gasteiger partial charge in [-0.2, -0.15) is 0 Å². The summed E-state index contributed by atoms with van der Waals surface area (Å²) >= 11 is 0. The predicted molar refractivity (Wildman–Crippen MR) is 91.3 cm³/mol. The van der Waals surface area contributed by atoms with Crippen LogP contribution >= 0.6 is 0 Å². The Labute approximate surface area is 137 Å². The van der Waals surface area contributed by atoms with Crippen LogP contribution in [0.15, 0.2) is 54.7 Å². The lowest BCUT2D eigenvalue weighted by atomic mass is 10.1. The molecule has 1 N–H and O–H groups in total. The Kier molecular flexibility index (Phi) is 3.17. The number of benzene rings is 2. The molecule has 0 fully saturated rings. The third kappa shape index (κ3) is 3.49. The van der Waals surface area contributed by atoms with E-state index in [1.165, 1.54) is 25.2 Å². The molecule has 2 aromatic carbocycles. The molecule has 3 heteroatoms. The fraction of sp³-hybridized carbons (Fsp3) is 0.263. The molecule has 0 aliphatic rings. The molecule has 0 aliphatic carbocycles. The van der Waals surface area contributed by atoms with Crippen LogP contribution in [-0.4, -0.2) is 30.5 Å². The highest BCUT2D eigenvalue weighted by Crippen LogP contribution is 2.24. The maximum atomic E-state index is 8.40. The van der Waals surface area contributed by atoms with E-state index in [0.29, 0.717) is 17.7 Å². The summed E-state index contributed by atoms with van der Waals surface area (Å²) < 4.78 is 38.9. The largest absolute Gasteiger partial charge is 0.489 e. The number of nitrogens with one attached hydrogen (secondary N) is 1. The normalized spacial score (nSPS) is 15.2. The molecule has 22 heavy (non-hydrogen) atoms. The Morgan fingerprint density at radius 3 is 2.73 bits per heavy atom. The van der Waals surface area contributed by atoms with Crippen molar-refractivity contribution >= 4 is 10.9 Å². The number of aromatic nitrogens is 1. The predicted octanol–water partition coefficient (Wildman–Crippen LogP) is 3.85. The molecule has 114 valence electrons. The number of aryl methyl sites for hydroxylation is 1. The summed E-state index contributed by atoms with van der Waals surface area (Å²) in [5.41, 5.74) is 2.06. The lowest BCUT2D eigenvalue weighted by molar-refractivity contribution is 0.306. The van der Waals surface area contributed by atoms with Crippen molar-refractivity contribution in [3.63, 3.8) is 0 Å². The second-order valence-corrected chi connectivity index (χ2v) is 5.32. The highest BCUT2D eigenvalue weighted by Gasteiger charge is 2.06. The van der Waals surface area contributed by atoms with E-state index in [9.17, 15) is 0 Å². The van der Waals surface area contributed by atoms with E-state index in [1.54, 1.807) is 6.07 Å². The molecule has 0 bridgehead atoms. The number of aromatic amines is 1. The monoisotopic (exact) mass is 298 g/mol. The molecule has 1 heterocycles. The quantitative estimate of drug-likeness (QED) is 0.748. The van der Waals surface area contributed by atoms with E-state index in [4.69, 9.17) is 10.2 Å². The number of H-pyrrole nitrogens is 1. The van der Waals surface area contributed by atoms with E-state index in [0.717, 1.165) is 11.1 Å². The Morgan fingerprint density at radius 1 is 1.14 bits per heavy atom. The van der Waals surface area contributed by atoms with E-state index < -0.39 is 12.9 Å². The summed E-state index contributed by atoms with van der Waals surface area (Å²) in [6.07, 6.45) is -0.667. The number of hydrogen-bond donors (Lipinski definition) is 1. The fourth-order valence-corrected chi connectivity index (χ4v) is 2.21. The van der Waals surface area contributed by atoms with E-state index in [2.05, 4.69) is 4.98 Å². The van der Waals surface area contributed by atoms with Crippen molar-refractivity contribution in [2.24, 2.45) is 0 Å². The molecule has 0 amide bonds. The van der Waals surface area contributed by atoms with Gasteiger partial charge >= 0.3 is 0 Å². The lowest BCUT2D eigenvalue weighted by Crippen LogP contribution is -2.14. The minimum atomic E-state index is -2.20. The average molecular weight is 298 g/mol. The Hall–Kier alpha value is -2.26. The molecular weight excluding hydrogens is 272 g/mol. The van der Waals surface area contributed by atoms with Crippen molar-refractivity contribution in [2.45, 2.75) is 13.0 Å². The highest BCUT2D eigenvalue weighted by atomic mass is 16.5. The molecule has 0 atom stereocenters. The fourth-order valence-electron chi connectivity index (χ4n) is 2.21. The SMILES string of the molecule is [2H]C([2H])(c1c[nH]c2ccc(OCc3ccccc3)cc12)C([2H])([2H])N(C)C. The maximum absolute atomic E-state index is 8.40. The molecule has 0 unspecified atom stereocenters. The number of nitrogens with zero attached hydrogens (tertiary/aromatic N) is 1. The number of fused-ring (bicyclic) bond motifs is 1. The van der Waals surface area contributed by atoms with Crippen LogP contribution in [0.5, 0.6) is 5.75 Å². The van der Waals surface area contributed by atoms with Crippen LogP contribution < -0.4 is 4.74 Å². The number of likely N-dealkylation sites (N-methyl/N-ethyl adjacent to an activating group) is 1. The first-order valence-corrected chi connectivity index (χ1v) is 7.19. The van der Waals surface area contributed by atoms with E-state index in [1.807, 2.05) is 42.5 Å². The first-order chi connectivity index (χ1) is 12.2. The van der Waals surface area contributed by atoms with Crippen LogP contribution in [0, 0.1) is 0 Å². The van der Waals surface area contributed by atoms with Gasteiger partial charge in [0, 0.05) is 29.1 Å². The number of rotatable bonds is 6. The van der Waals surface area contributed by atoms with Gasteiger partial charge < -0.3 is 14.6 Å². The Bertz CT molecular complexity index is 891. The van der Waals surface area contributed by atoms with Crippen molar-refractivity contribution in [3.8, 4) is 5.75 Å². The van der Waals surface area contributed by atoms with Crippen LogP contribution in [0.2, 0.25) is 0 Å². The van der Waals surface area contributed by atoms with Crippen LogP contribution in [0.3, 0.4) is 0 Å². The molecule has 0 spiro atoms.